The van der Waals surface area contributed by atoms with Crippen LogP contribution in [0.2, 0.25) is 0 Å². The van der Waals surface area contributed by atoms with Gasteiger partial charge in [0.15, 0.2) is 0 Å². The summed E-state index contributed by atoms with van der Waals surface area (Å²) in [6.07, 6.45) is 3.07. The van der Waals surface area contributed by atoms with Gasteiger partial charge in [-0.3, -0.25) is 9.69 Å². The summed E-state index contributed by atoms with van der Waals surface area (Å²) in [5.41, 5.74) is 0.151. The first-order valence-electron chi connectivity index (χ1n) is 13.5. The van der Waals surface area contributed by atoms with Crippen LogP contribution in [-0.4, -0.2) is 34.2 Å². The number of carboxylic acid groups (broad SMARTS) is 1. The molecule has 0 spiro atoms. The van der Waals surface area contributed by atoms with Crippen LogP contribution in [0, 0.1) is 11.8 Å². The first-order chi connectivity index (χ1) is 17.2. The Hall–Kier alpha value is -2.28. The van der Waals surface area contributed by atoms with Crippen molar-refractivity contribution in [2.45, 2.75) is 102 Å². The number of nitrogens with zero attached hydrogens (tertiary/aromatic N) is 1. The highest BCUT2D eigenvalue weighted by Gasteiger charge is 2.45. The fraction of sp³-hybridized carbons (Fsp3) is 0.621. The summed E-state index contributed by atoms with van der Waals surface area (Å²) in [4.78, 5) is 13.9. The maximum Gasteiger partial charge on any atom is 0.420 e. The minimum Gasteiger partial charge on any atom is -0.490 e. The zero-order valence-electron chi connectivity index (χ0n) is 21.1. The van der Waals surface area contributed by atoms with Crippen LogP contribution in [-0.2, 0) is 11.0 Å². The van der Waals surface area contributed by atoms with Crippen molar-refractivity contribution in [2.75, 3.05) is 0 Å². The molecule has 1 aliphatic carbocycles. The van der Waals surface area contributed by atoms with E-state index >= 15 is 0 Å². The van der Waals surface area contributed by atoms with Crippen LogP contribution >= 0.6 is 0 Å². The fourth-order valence-electron chi connectivity index (χ4n) is 7.02. The molecule has 2 aromatic rings. The first kappa shape index (κ1) is 25.4. The van der Waals surface area contributed by atoms with Gasteiger partial charge in [0.05, 0.1) is 12.0 Å². The highest BCUT2D eigenvalue weighted by Crippen LogP contribution is 2.46. The lowest BCUT2D eigenvalue weighted by atomic mass is 9.86. The van der Waals surface area contributed by atoms with Gasteiger partial charge in [-0.05, 0) is 92.7 Å². The van der Waals surface area contributed by atoms with Gasteiger partial charge < -0.3 is 9.84 Å². The number of fused-ring (bicyclic) bond motifs is 3. The molecule has 196 valence electrons. The van der Waals surface area contributed by atoms with E-state index in [0.717, 1.165) is 50.5 Å². The van der Waals surface area contributed by atoms with Gasteiger partial charge in [0, 0.05) is 18.1 Å². The molecule has 3 aliphatic rings. The van der Waals surface area contributed by atoms with E-state index in [9.17, 15) is 23.1 Å². The molecule has 2 heterocycles. The predicted octanol–water partition coefficient (Wildman–Crippen LogP) is 7.59. The van der Waals surface area contributed by atoms with Gasteiger partial charge in [-0.1, -0.05) is 31.5 Å². The highest BCUT2D eigenvalue weighted by atomic mass is 19.4. The summed E-state index contributed by atoms with van der Waals surface area (Å²) in [6.45, 7) is 4.20. The summed E-state index contributed by atoms with van der Waals surface area (Å²) in [7, 11) is 0. The third-order valence-corrected chi connectivity index (χ3v) is 9.02. The van der Waals surface area contributed by atoms with Crippen LogP contribution < -0.4 is 4.74 Å². The molecule has 3 atom stereocenters. The van der Waals surface area contributed by atoms with E-state index in [1.165, 1.54) is 6.07 Å². The van der Waals surface area contributed by atoms with Crippen molar-refractivity contribution < 1.29 is 27.8 Å². The Bertz CT molecular complexity index is 1090. The number of halogens is 3. The zero-order valence-corrected chi connectivity index (χ0v) is 21.1. The Morgan fingerprint density at radius 2 is 1.69 bits per heavy atom. The highest BCUT2D eigenvalue weighted by molar-refractivity contribution is 5.89. The van der Waals surface area contributed by atoms with E-state index in [2.05, 4.69) is 11.8 Å². The second-order valence-corrected chi connectivity index (χ2v) is 11.1. The number of rotatable bonds is 6. The second kappa shape index (κ2) is 9.88. The minimum absolute atomic E-state index is 0.0675. The number of alkyl halides is 3. The summed E-state index contributed by atoms with van der Waals surface area (Å²) in [5.74, 6) is -0.493. The molecule has 7 heteroatoms. The quantitative estimate of drug-likeness (QED) is 0.441. The summed E-state index contributed by atoms with van der Waals surface area (Å²) >= 11 is 0. The molecule has 2 aromatic carbocycles. The van der Waals surface area contributed by atoms with Crippen molar-refractivity contribution in [3.8, 4) is 5.75 Å². The summed E-state index contributed by atoms with van der Waals surface area (Å²) < 4.78 is 49.4. The minimum atomic E-state index is -4.53. The lowest BCUT2D eigenvalue weighted by Gasteiger charge is -2.41. The lowest BCUT2D eigenvalue weighted by Crippen LogP contribution is -2.45. The van der Waals surface area contributed by atoms with Crippen LogP contribution in [0.3, 0.4) is 0 Å². The van der Waals surface area contributed by atoms with E-state index in [0.29, 0.717) is 24.1 Å². The molecular weight excluding hydrogens is 467 g/mol. The number of carbonyl (C=O) groups is 1. The Kier molecular flexibility index (Phi) is 6.96. The van der Waals surface area contributed by atoms with Gasteiger partial charge in [-0.15, -0.1) is 0 Å². The monoisotopic (exact) mass is 503 g/mol. The Balaban J connectivity index is 1.45. The van der Waals surface area contributed by atoms with Crippen molar-refractivity contribution in [3.05, 3.63) is 41.5 Å². The maximum atomic E-state index is 14.4. The SMILES string of the molecule is CCC1CCC(Oc2ccc3ccc(C(C)N4C5CCC4CC(C(=O)O)C5)cc3c2C(F)(F)F)CC1. The molecule has 2 aliphatic heterocycles. The number of aliphatic carboxylic acids is 1. The van der Waals surface area contributed by atoms with Gasteiger partial charge in [0.1, 0.15) is 11.3 Å². The van der Waals surface area contributed by atoms with Gasteiger partial charge in [-0.25, -0.2) is 0 Å². The van der Waals surface area contributed by atoms with E-state index in [4.69, 9.17) is 4.74 Å². The van der Waals surface area contributed by atoms with E-state index in [-0.39, 0.29) is 41.3 Å². The van der Waals surface area contributed by atoms with E-state index in [1.807, 2.05) is 13.0 Å². The molecule has 36 heavy (non-hydrogen) atoms. The number of ether oxygens (including phenoxy) is 1. The Morgan fingerprint density at radius 1 is 1.06 bits per heavy atom. The number of hydrogen-bond donors (Lipinski definition) is 1. The summed E-state index contributed by atoms with van der Waals surface area (Å²) in [5, 5.41) is 10.2. The van der Waals surface area contributed by atoms with Crippen molar-refractivity contribution in [1.29, 1.82) is 0 Å². The molecule has 5 rings (SSSR count). The molecule has 2 bridgehead atoms. The van der Waals surface area contributed by atoms with Gasteiger partial charge >= 0.3 is 12.1 Å². The third-order valence-electron chi connectivity index (χ3n) is 9.02. The maximum absolute atomic E-state index is 14.4. The third kappa shape index (κ3) is 4.83. The predicted molar refractivity (Wildman–Crippen MR) is 133 cm³/mol. The van der Waals surface area contributed by atoms with E-state index < -0.39 is 17.7 Å². The van der Waals surface area contributed by atoms with Crippen LogP contribution in [0.4, 0.5) is 13.2 Å². The smallest absolute Gasteiger partial charge is 0.420 e. The van der Waals surface area contributed by atoms with Crippen LogP contribution in [0.5, 0.6) is 5.75 Å². The fourth-order valence-corrected chi connectivity index (χ4v) is 7.02. The molecule has 1 saturated carbocycles. The molecule has 1 N–H and O–H groups in total. The molecule has 0 aromatic heterocycles. The second-order valence-electron chi connectivity index (χ2n) is 11.1. The van der Waals surface area contributed by atoms with Gasteiger partial charge in [0.25, 0.3) is 0 Å². The van der Waals surface area contributed by atoms with Crippen molar-refractivity contribution >= 4 is 16.7 Å². The molecule has 0 radical (unpaired) electrons. The topological polar surface area (TPSA) is 49.8 Å². The molecule has 3 unspecified atom stereocenters. The summed E-state index contributed by atoms with van der Waals surface area (Å²) in [6, 6.07) is 8.83. The molecule has 2 saturated heterocycles. The Labute approximate surface area is 210 Å². The average molecular weight is 504 g/mol. The Morgan fingerprint density at radius 3 is 2.28 bits per heavy atom. The normalized spacial score (nSPS) is 29.9. The van der Waals surface area contributed by atoms with Gasteiger partial charge in [0.2, 0.25) is 0 Å². The van der Waals surface area contributed by atoms with Crippen LogP contribution in [0.1, 0.15) is 88.8 Å². The number of piperidine rings is 1. The van der Waals surface area contributed by atoms with Crippen LogP contribution in [0.15, 0.2) is 30.3 Å². The number of hydrogen-bond acceptors (Lipinski definition) is 3. The number of benzene rings is 2. The molecule has 3 fully saturated rings. The first-order valence-corrected chi connectivity index (χ1v) is 13.5. The van der Waals surface area contributed by atoms with Crippen molar-refractivity contribution in [1.82, 2.24) is 4.90 Å². The average Bonchev–Trinajstić information content (AvgIpc) is 3.11. The standard InChI is InChI=1S/C29H36F3NO3/c1-3-18-4-11-24(12-5-18)36-26-13-8-19-6-7-20(16-25(19)27(26)29(30,31)32)17(2)33-22-9-10-23(33)15-21(14-22)28(34)35/h6-8,13,16-18,21-24H,3-5,9-12,14-15H2,1-2H3,(H,34,35). The van der Waals surface area contributed by atoms with Gasteiger partial charge in [-0.2, -0.15) is 13.2 Å². The zero-order chi connectivity index (χ0) is 25.6. The number of carboxylic acids is 1. The van der Waals surface area contributed by atoms with Crippen molar-refractivity contribution in [3.63, 3.8) is 0 Å². The van der Waals surface area contributed by atoms with E-state index in [1.54, 1.807) is 18.2 Å². The molecule has 4 nitrogen and oxygen atoms in total. The lowest BCUT2D eigenvalue weighted by molar-refractivity contribution is -0.144. The largest absolute Gasteiger partial charge is 0.490 e. The molecule has 0 amide bonds. The van der Waals surface area contributed by atoms with Crippen LogP contribution in [0.25, 0.3) is 10.8 Å². The molecular formula is C29H36F3NO3. The van der Waals surface area contributed by atoms with Crippen molar-refractivity contribution in [2.24, 2.45) is 11.8 Å².